The fraction of sp³-hybridized carbons (Fsp3) is 0.571. The zero-order valence-corrected chi connectivity index (χ0v) is 12.5. The molecule has 21 heavy (non-hydrogen) atoms. The highest BCUT2D eigenvalue weighted by Crippen LogP contribution is 2.20. The monoisotopic (exact) mass is 302 g/mol. The van der Waals surface area contributed by atoms with Crippen LogP contribution in [0.4, 0.5) is 8.78 Å². The number of aryl methyl sites for hydroxylation is 1. The van der Waals surface area contributed by atoms with Crippen LogP contribution >= 0.6 is 0 Å². The van der Waals surface area contributed by atoms with Gasteiger partial charge in [-0.2, -0.15) is 0 Å². The molecule has 0 spiro atoms. The average molecular weight is 302 g/mol. The Hall–Kier alpha value is -1.92. The number of hydrogen-bond acceptors (Lipinski definition) is 2. The van der Waals surface area contributed by atoms with Crippen molar-refractivity contribution in [3.8, 4) is 0 Å². The molecular weight excluding hydrogens is 282 g/mol. The summed E-state index contributed by atoms with van der Waals surface area (Å²) in [4.78, 5) is 23.0. The first-order valence-corrected chi connectivity index (χ1v) is 6.65. The Balaban J connectivity index is 2.98. The van der Waals surface area contributed by atoms with Crippen LogP contribution in [0.15, 0.2) is 6.07 Å². The van der Waals surface area contributed by atoms with E-state index in [2.05, 4.69) is 5.32 Å². The molecule has 0 saturated heterocycles. The predicted molar refractivity (Wildman–Crippen MR) is 73.8 cm³/mol. The number of carboxylic acids is 1. The second kappa shape index (κ2) is 6.69. The molecule has 1 rings (SSSR count). The molecule has 0 saturated carbocycles. The number of halogens is 2. The van der Waals surface area contributed by atoms with Gasteiger partial charge in [-0.1, -0.05) is 0 Å². The molecule has 0 fully saturated rings. The Kier molecular flexibility index (Phi) is 5.46. The van der Waals surface area contributed by atoms with E-state index in [1.807, 2.05) is 25.3 Å². The molecule has 0 radical (unpaired) electrons. The van der Waals surface area contributed by atoms with Crippen LogP contribution < -0.4 is 5.32 Å². The normalized spacial score (nSPS) is 12.8. The van der Waals surface area contributed by atoms with Gasteiger partial charge in [0, 0.05) is 23.9 Å². The quantitative estimate of drug-likeness (QED) is 0.848. The molecule has 0 aromatic carbocycles. The zero-order valence-electron chi connectivity index (χ0n) is 12.5. The average Bonchev–Trinajstić information content (AvgIpc) is 2.63. The third kappa shape index (κ3) is 4.03. The molecule has 118 valence electrons. The molecular formula is C14H20F2N2O3. The smallest absolute Gasteiger partial charge is 0.326 e. The summed E-state index contributed by atoms with van der Waals surface area (Å²) in [5.41, 5.74) is 1.84. The zero-order chi connectivity index (χ0) is 16.3. The van der Waals surface area contributed by atoms with E-state index in [9.17, 15) is 18.4 Å². The van der Waals surface area contributed by atoms with Gasteiger partial charge in [-0.25, -0.2) is 13.6 Å². The van der Waals surface area contributed by atoms with E-state index >= 15 is 0 Å². The summed E-state index contributed by atoms with van der Waals surface area (Å²) in [6.45, 7) is 7.49. The molecule has 0 aliphatic carbocycles. The number of nitrogens with zero attached hydrogens (tertiary/aromatic N) is 1. The number of aliphatic carboxylic acids is 1. The van der Waals surface area contributed by atoms with Crippen LogP contribution in [-0.2, 0) is 4.79 Å². The number of aromatic nitrogens is 1. The van der Waals surface area contributed by atoms with Gasteiger partial charge in [0.2, 0.25) is 6.43 Å². The van der Waals surface area contributed by atoms with Crippen molar-refractivity contribution in [2.75, 3.05) is 0 Å². The highest BCUT2D eigenvalue weighted by Gasteiger charge is 2.26. The molecule has 7 heteroatoms. The highest BCUT2D eigenvalue weighted by atomic mass is 19.3. The highest BCUT2D eigenvalue weighted by molar-refractivity contribution is 5.97. The van der Waals surface area contributed by atoms with Crippen molar-refractivity contribution >= 4 is 11.9 Å². The van der Waals surface area contributed by atoms with Crippen LogP contribution in [-0.4, -0.2) is 34.0 Å². The summed E-state index contributed by atoms with van der Waals surface area (Å²) in [5, 5.41) is 11.0. The maximum Gasteiger partial charge on any atom is 0.326 e. The van der Waals surface area contributed by atoms with Gasteiger partial charge in [-0.3, -0.25) is 4.79 Å². The van der Waals surface area contributed by atoms with Gasteiger partial charge < -0.3 is 15.0 Å². The number of rotatable bonds is 6. The van der Waals surface area contributed by atoms with Crippen molar-refractivity contribution in [3.05, 3.63) is 23.0 Å². The Morgan fingerprint density at radius 2 is 1.90 bits per heavy atom. The number of alkyl halides is 2. The number of nitrogens with one attached hydrogen (secondary N) is 1. The summed E-state index contributed by atoms with van der Waals surface area (Å²) >= 11 is 0. The van der Waals surface area contributed by atoms with E-state index in [-0.39, 0.29) is 6.04 Å². The first kappa shape index (κ1) is 17.1. The predicted octanol–water partition coefficient (Wildman–Crippen LogP) is 2.52. The number of carboxylic acid groups (broad SMARTS) is 1. The summed E-state index contributed by atoms with van der Waals surface area (Å²) in [5.74, 6) is -2.12. The lowest BCUT2D eigenvalue weighted by Gasteiger charge is -2.15. The minimum Gasteiger partial charge on any atom is -0.480 e. The Bertz CT molecular complexity index is 539. The molecule has 1 aromatic heterocycles. The van der Waals surface area contributed by atoms with E-state index in [4.69, 9.17) is 5.11 Å². The van der Waals surface area contributed by atoms with E-state index in [0.717, 1.165) is 5.69 Å². The first-order chi connectivity index (χ1) is 9.65. The van der Waals surface area contributed by atoms with Gasteiger partial charge in [0.05, 0.1) is 5.56 Å². The van der Waals surface area contributed by atoms with Gasteiger partial charge in [-0.15, -0.1) is 0 Å². The van der Waals surface area contributed by atoms with Crippen LogP contribution in [0.2, 0.25) is 0 Å². The van der Waals surface area contributed by atoms with Crippen molar-refractivity contribution in [2.24, 2.45) is 0 Å². The molecule has 0 bridgehead atoms. The van der Waals surface area contributed by atoms with Crippen LogP contribution in [0.3, 0.4) is 0 Å². The maximum absolute atomic E-state index is 12.3. The third-order valence-corrected chi connectivity index (χ3v) is 3.26. The standard InChI is InChI=1S/C14H20F2N2O3/c1-7(2)18-8(3)5-10(9(18)4)13(19)17-11(14(20)21)6-12(15)16/h5,7,11-12H,6H2,1-4H3,(H,17,19)(H,20,21). The second-order valence-corrected chi connectivity index (χ2v) is 5.24. The van der Waals surface area contributed by atoms with Gasteiger partial charge in [0.15, 0.2) is 0 Å². The molecule has 5 nitrogen and oxygen atoms in total. The largest absolute Gasteiger partial charge is 0.480 e. The third-order valence-electron chi connectivity index (χ3n) is 3.26. The van der Waals surface area contributed by atoms with Gasteiger partial charge in [0.1, 0.15) is 6.04 Å². The van der Waals surface area contributed by atoms with Gasteiger partial charge in [-0.05, 0) is 33.8 Å². The van der Waals surface area contributed by atoms with Crippen LogP contribution in [0.5, 0.6) is 0 Å². The maximum atomic E-state index is 12.3. The lowest BCUT2D eigenvalue weighted by Crippen LogP contribution is -2.42. The topological polar surface area (TPSA) is 71.3 Å². The van der Waals surface area contributed by atoms with Crippen molar-refractivity contribution in [1.29, 1.82) is 0 Å². The fourth-order valence-corrected chi connectivity index (χ4v) is 2.44. The summed E-state index contributed by atoms with van der Waals surface area (Å²) in [7, 11) is 0. The molecule has 1 amide bonds. The van der Waals surface area contributed by atoms with Crippen molar-refractivity contribution in [2.45, 2.75) is 52.6 Å². The molecule has 2 N–H and O–H groups in total. The lowest BCUT2D eigenvalue weighted by atomic mass is 10.1. The summed E-state index contributed by atoms with van der Waals surface area (Å²) in [6, 6.07) is 0.175. The van der Waals surface area contributed by atoms with E-state index < -0.39 is 30.8 Å². The van der Waals surface area contributed by atoms with E-state index in [0.29, 0.717) is 11.3 Å². The van der Waals surface area contributed by atoms with Crippen molar-refractivity contribution in [1.82, 2.24) is 9.88 Å². The lowest BCUT2D eigenvalue weighted by molar-refractivity contribution is -0.140. The van der Waals surface area contributed by atoms with E-state index in [1.54, 1.807) is 13.0 Å². The van der Waals surface area contributed by atoms with Crippen LogP contribution in [0, 0.1) is 13.8 Å². The SMILES string of the molecule is Cc1cc(C(=O)NC(CC(F)F)C(=O)O)c(C)n1C(C)C. The molecule has 1 unspecified atom stereocenters. The number of carbonyl (C=O) groups is 2. The first-order valence-electron chi connectivity index (χ1n) is 6.65. The van der Waals surface area contributed by atoms with Crippen LogP contribution in [0.25, 0.3) is 0 Å². The second-order valence-electron chi connectivity index (χ2n) is 5.24. The molecule has 0 aliphatic heterocycles. The number of carbonyl (C=O) groups excluding carboxylic acids is 1. The number of hydrogen-bond donors (Lipinski definition) is 2. The molecule has 1 atom stereocenters. The van der Waals surface area contributed by atoms with Gasteiger partial charge >= 0.3 is 5.97 Å². The van der Waals surface area contributed by atoms with Gasteiger partial charge in [0.25, 0.3) is 5.91 Å². The minimum atomic E-state index is -2.80. The summed E-state index contributed by atoms with van der Waals surface area (Å²) in [6.07, 6.45) is -3.71. The van der Waals surface area contributed by atoms with Crippen LogP contribution in [0.1, 0.15) is 48.1 Å². The molecule has 1 heterocycles. The van der Waals surface area contributed by atoms with Crippen molar-refractivity contribution in [3.63, 3.8) is 0 Å². The number of amides is 1. The Morgan fingerprint density at radius 3 is 2.29 bits per heavy atom. The fourth-order valence-electron chi connectivity index (χ4n) is 2.44. The van der Waals surface area contributed by atoms with Crippen molar-refractivity contribution < 1.29 is 23.5 Å². The summed E-state index contributed by atoms with van der Waals surface area (Å²) < 4.78 is 26.6. The molecule has 0 aliphatic rings. The Morgan fingerprint density at radius 1 is 1.33 bits per heavy atom. The molecule has 1 aromatic rings. The minimum absolute atomic E-state index is 0.142. The van der Waals surface area contributed by atoms with E-state index in [1.165, 1.54) is 0 Å². The Labute approximate surface area is 121 Å².